The number of hydrogen-bond acceptors (Lipinski definition) is 4. The van der Waals surface area contributed by atoms with Crippen LogP contribution in [0.3, 0.4) is 0 Å². The Morgan fingerprint density at radius 3 is 2.78 bits per heavy atom. The second-order valence-electron chi connectivity index (χ2n) is 4.97. The van der Waals surface area contributed by atoms with Crippen molar-refractivity contribution in [3.05, 3.63) is 36.2 Å². The van der Waals surface area contributed by atoms with Gasteiger partial charge in [0.15, 0.2) is 5.88 Å². The predicted molar refractivity (Wildman–Crippen MR) is 73.7 cm³/mol. The molecule has 96 valence electrons. The maximum atomic E-state index is 5.43. The van der Waals surface area contributed by atoms with Gasteiger partial charge in [0, 0.05) is 43.1 Å². The zero-order valence-electron chi connectivity index (χ0n) is 10.8. The van der Waals surface area contributed by atoms with Gasteiger partial charge >= 0.3 is 0 Å². The van der Waals surface area contributed by atoms with Crippen LogP contribution in [0.1, 0.15) is 5.56 Å². The summed E-state index contributed by atoms with van der Waals surface area (Å²) in [5, 5.41) is 3.15. The molecule has 0 amide bonds. The van der Waals surface area contributed by atoms with Gasteiger partial charge in [-0.1, -0.05) is 0 Å². The lowest BCUT2D eigenvalue weighted by Gasteiger charge is -2.34. The molecule has 0 radical (unpaired) electrons. The summed E-state index contributed by atoms with van der Waals surface area (Å²) in [6.45, 7) is 8.84. The molecule has 2 aliphatic heterocycles. The summed E-state index contributed by atoms with van der Waals surface area (Å²) in [6.07, 6.45) is 0. The van der Waals surface area contributed by atoms with Gasteiger partial charge in [-0.05, 0) is 31.8 Å². The van der Waals surface area contributed by atoms with Crippen LogP contribution in [0.4, 0.5) is 11.4 Å². The zero-order valence-corrected chi connectivity index (χ0v) is 10.8. The normalized spacial score (nSPS) is 20.1. The molecule has 4 nitrogen and oxygen atoms in total. The fourth-order valence-electron chi connectivity index (χ4n) is 2.43. The predicted octanol–water partition coefficient (Wildman–Crippen LogP) is 1.85. The first kappa shape index (κ1) is 11.4. The molecule has 1 aromatic rings. The Kier molecular flexibility index (Phi) is 2.88. The summed E-state index contributed by atoms with van der Waals surface area (Å²) in [6, 6.07) is 6.52. The summed E-state index contributed by atoms with van der Waals surface area (Å²) in [5.74, 6) is 0.634. The number of nitrogens with one attached hydrogen (secondary N) is 1. The second kappa shape index (κ2) is 4.53. The Balaban J connectivity index is 1.80. The molecule has 0 aliphatic carbocycles. The molecule has 2 aliphatic rings. The van der Waals surface area contributed by atoms with Crippen molar-refractivity contribution in [3.8, 4) is 0 Å². The van der Waals surface area contributed by atoms with Gasteiger partial charge in [0.2, 0.25) is 0 Å². The molecule has 2 heterocycles. The molecule has 1 aromatic carbocycles. The number of anilines is 2. The van der Waals surface area contributed by atoms with Crippen LogP contribution in [0.2, 0.25) is 0 Å². The Labute approximate surface area is 108 Å². The molecule has 1 N–H and O–H groups in total. The van der Waals surface area contributed by atoms with E-state index < -0.39 is 0 Å². The number of hydrogen-bond donors (Lipinski definition) is 1. The number of fused-ring (bicyclic) bond motifs is 1. The summed E-state index contributed by atoms with van der Waals surface area (Å²) < 4.78 is 5.43. The SMILES string of the molecule is C=C1Nc2ccc(N3CCN(C)CC3)cc2CO1. The van der Waals surface area contributed by atoms with Crippen molar-refractivity contribution >= 4 is 11.4 Å². The fourth-order valence-corrected chi connectivity index (χ4v) is 2.43. The highest BCUT2D eigenvalue weighted by atomic mass is 16.5. The highest BCUT2D eigenvalue weighted by Crippen LogP contribution is 2.29. The first-order valence-corrected chi connectivity index (χ1v) is 6.37. The van der Waals surface area contributed by atoms with E-state index in [1.165, 1.54) is 11.3 Å². The minimum atomic E-state index is 0.614. The second-order valence-corrected chi connectivity index (χ2v) is 4.97. The topological polar surface area (TPSA) is 27.7 Å². The van der Waals surface area contributed by atoms with E-state index in [4.69, 9.17) is 4.74 Å². The summed E-state index contributed by atoms with van der Waals surface area (Å²) in [4.78, 5) is 4.80. The lowest BCUT2D eigenvalue weighted by atomic mass is 10.1. The van der Waals surface area contributed by atoms with E-state index in [1.54, 1.807) is 0 Å². The third kappa shape index (κ3) is 2.16. The smallest absolute Gasteiger partial charge is 0.184 e. The van der Waals surface area contributed by atoms with Crippen molar-refractivity contribution in [1.29, 1.82) is 0 Å². The molecule has 0 atom stereocenters. The number of ether oxygens (including phenoxy) is 1. The molecule has 0 bridgehead atoms. The van der Waals surface area contributed by atoms with Gasteiger partial charge in [-0.25, -0.2) is 0 Å². The third-order valence-corrected chi connectivity index (χ3v) is 3.63. The Morgan fingerprint density at radius 1 is 1.22 bits per heavy atom. The van der Waals surface area contributed by atoms with E-state index in [-0.39, 0.29) is 0 Å². The lowest BCUT2D eigenvalue weighted by Crippen LogP contribution is -2.44. The minimum Gasteiger partial charge on any atom is -0.475 e. The number of piperazine rings is 1. The van der Waals surface area contributed by atoms with Gasteiger partial charge < -0.3 is 19.9 Å². The molecule has 4 heteroatoms. The van der Waals surface area contributed by atoms with Crippen LogP contribution in [-0.4, -0.2) is 38.1 Å². The zero-order chi connectivity index (χ0) is 12.5. The molecule has 3 rings (SSSR count). The maximum absolute atomic E-state index is 5.43. The Hall–Kier alpha value is -1.68. The third-order valence-electron chi connectivity index (χ3n) is 3.63. The average molecular weight is 245 g/mol. The molecule has 1 saturated heterocycles. The van der Waals surface area contributed by atoms with Gasteiger partial charge in [-0.15, -0.1) is 0 Å². The standard InChI is InChI=1S/C14H19N3O/c1-11-15-14-4-3-13(9-12(14)10-18-11)17-7-5-16(2)6-8-17/h3-4,9,15H,1,5-8,10H2,2H3. The molecule has 18 heavy (non-hydrogen) atoms. The van der Waals surface area contributed by atoms with Crippen LogP contribution in [0.25, 0.3) is 0 Å². The largest absolute Gasteiger partial charge is 0.475 e. The highest BCUT2D eigenvalue weighted by molar-refractivity contribution is 5.63. The summed E-state index contributed by atoms with van der Waals surface area (Å²) >= 11 is 0. The van der Waals surface area contributed by atoms with E-state index in [1.807, 2.05) is 0 Å². The van der Waals surface area contributed by atoms with Gasteiger partial charge in [0.1, 0.15) is 6.61 Å². The first-order valence-electron chi connectivity index (χ1n) is 6.37. The summed E-state index contributed by atoms with van der Waals surface area (Å²) in [7, 11) is 2.17. The van der Waals surface area contributed by atoms with Crippen molar-refractivity contribution in [3.63, 3.8) is 0 Å². The van der Waals surface area contributed by atoms with E-state index in [9.17, 15) is 0 Å². The monoisotopic (exact) mass is 245 g/mol. The van der Waals surface area contributed by atoms with Gasteiger partial charge in [-0.3, -0.25) is 0 Å². The van der Waals surface area contributed by atoms with Crippen molar-refractivity contribution in [2.24, 2.45) is 0 Å². The maximum Gasteiger partial charge on any atom is 0.184 e. The van der Waals surface area contributed by atoms with Gasteiger partial charge in [0.25, 0.3) is 0 Å². The summed E-state index contributed by atoms with van der Waals surface area (Å²) in [5.41, 5.74) is 3.61. The van der Waals surface area contributed by atoms with Crippen LogP contribution in [0.15, 0.2) is 30.7 Å². The van der Waals surface area contributed by atoms with Crippen LogP contribution in [-0.2, 0) is 11.3 Å². The number of nitrogens with zero attached hydrogens (tertiary/aromatic N) is 2. The van der Waals surface area contributed by atoms with Crippen LogP contribution < -0.4 is 10.2 Å². The highest BCUT2D eigenvalue weighted by Gasteiger charge is 2.17. The molecule has 0 spiro atoms. The van der Waals surface area contributed by atoms with Crippen LogP contribution in [0.5, 0.6) is 0 Å². The molecular weight excluding hydrogens is 226 g/mol. The van der Waals surface area contributed by atoms with Gasteiger partial charge in [-0.2, -0.15) is 0 Å². The minimum absolute atomic E-state index is 0.614. The van der Waals surface area contributed by atoms with Crippen molar-refractivity contribution in [1.82, 2.24) is 4.90 Å². The van der Waals surface area contributed by atoms with Crippen molar-refractivity contribution in [2.45, 2.75) is 6.61 Å². The van der Waals surface area contributed by atoms with Gasteiger partial charge in [0.05, 0.1) is 0 Å². The van der Waals surface area contributed by atoms with E-state index >= 15 is 0 Å². The van der Waals surface area contributed by atoms with E-state index in [2.05, 4.69) is 46.9 Å². The van der Waals surface area contributed by atoms with E-state index in [0.29, 0.717) is 12.5 Å². The molecule has 0 unspecified atom stereocenters. The number of rotatable bonds is 1. The Morgan fingerprint density at radius 2 is 2.00 bits per heavy atom. The number of benzene rings is 1. The molecule has 0 aromatic heterocycles. The molecule has 1 fully saturated rings. The number of likely N-dealkylation sites (N-methyl/N-ethyl adjacent to an activating group) is 1. The quantitative estimate of drug-likeness (QED) is 0.817. The first-order chi connectivity index (χ1) is 8.72. The average Bonchev–Trinajstić information content (AvgIpc) is 2.39. The van der Waals surface area contributed by atoms with E-state index in [0.717, 1.165) is 31.9 Å². The fraction of sp³-hybridized carbons (Fsp3) is 0.429. The lowest BCUT2D eigenvalue weighted by molar-refractivity contribution is 0.198. The van der Waals surface area contributed by atoms with Crippen molar-refractivity contribution in [2.75, 3.05) is 43.4 Å². The molecule has 0 saturated carbocycles. The van der Waals surface area contributed by atoms with Crippen LogP contribution in [0, 0.1) is 0 Å². The van der Waals surface area contributed by atoms with Crippen LogP contribution >= 0.6 is 0 Å². The van der Waals surface area contributed by atoms with Crippen molar-refractivity contribution < 1.29 is 4.74 Å². The molecular formula is C14H19N3O. The Bertz CT molecular complexity index is 464.